The van der Waals surface area contributed by atoms with Crippen LogP contribution < -0.4 is 4.74 Å². The third kappa shape index (κ3) is 4.75. The molecule has 0 N–H and O–H groups in total. The maximum Gasteiger partial charge on any atom is 0.125 e. The van der Waals surface area contributed by atoms with E-state index in [9.17, 15) is 0 Å². The van der Waals surface area contributed by atoms with Crippen LogP contribution in [0.3, 0.4) is 0 Å². The Labute approximate surface area is 127 Å². The largest absolute Gasteiger partial charge is 0.496 e. The van der Waals surface area contributed by atoms with Gasteiger partial charge in [0, 0.05) is 17.8 Å². The highest BCUT2D eigenvalue weighted by Gasteiger charge is 2.04. The third-order valence-electron chi connectivity index (χ3n) is 3.48. The summed E-state index contributed by atoms with van der Waals surface area (Å²) in [5, 5.41) is 0. The maximum atomic E-state index is 5.49. The Kier molecular flexibility index (Phi) is 6.01. The van der Waals surface area contributed by atoms with Crippen molar-refractivity contribution >= 4 is 12.2 Å². The minimum absolute atomic E-state index is 0.926. The predicted molar refractivity (Wildman–Crippen MR) is 89.4 cm³/mol. The molecule has 2 aromatic rings. The molecule has 0 spiro atoms. The standard InChI is InChI=1S/C19H23NO/c1-3-4-6-11-17-15-20-18(14-19(17)21-2)13-12-16-9-7-5-8-10-16/h5,7-10,12-15H,3-4,6,11H2,1-2H3. The molecule has 0 unspecified atom stereocenters. The lowest BCUT2D eigenvalue weighted by atomic mass is 10.1. The van der Waals surface area contributed by atoms with E-state index < -0.39 is 0 Å². The van der Waals surface area contributed by atoms with E-state index in [1.165, 1.54) is 30.4 Å². The summed E-state index contributed by atoms with van der Waals surface area (Å²) >= 11 is 0. The number of hydrogen-bond donors (Lipinski definition) is 0. The highest BCUT2D eigenvalue weighted by atomic mass is 16.5. The molecule has 2 nitrogen and oxygen atoms in total. The molecule has 0 atom stereocenters. The number of nitrogens with zero attached hydrogens (tertiary/aromatic N) is 1. The number of unbranched alkanes of at least 4 members (excludes halogenated alkanes) is 2. The lowest BCUT2D eigenvalue weighted by molar-refractivity contribution is 0.408. The third-order valence-corrected chi connectivity index (χ3v) is 3.48. The van der Waals surface area contributed by atoms with Gasteiger partial charge >= 0.3 is 0 Å². The van der Waals surface area contributed by atoms with Gasteiger partial charge in [0.15, 0.2) is 0 Å². The van der Waals surface area contributed by atoms with Crippen LogP contribution in [-0.4, -0.2) is 12.1 Å². The molecule has 1 heterocycles. The van der Waals surface area contributed by atoms with Crippen molar-refractivity contribution in [3.63, 3.8) is 0 Å². The number of aryl methyl sites for hydroxylation is 1. The van der Waals surface area contributed by atoms with Crippen LogP contribution in [0.15, 0.2) is 42.6 Å². The van der Waals surface area contributed by atoms with E-state index in [0.717, 1.165) is 17.9 Å². The van der Waals surface area contributed by atoms with E-state index >= 15 is 0 Å². The molecule has 2 rings (SSSR count). The maximum absolute atomic E-state index is 5.49. The highest BCUT2D eigenvalue weighted by Crippen LogP contribution is 2.21. The van der Waals surface area contributed by atoms with Crippen LogP contribution in [0, 0.1) is 0 Å². The van der Waals surface area contributed by atoms with E-state index in [0.29, 0.717) is 0 Å². The van der Waals surface area contributed by atoms with Gasteiger partial charge in [0.05, 0.1) is 12.8 Å². The van der Waals surface area contributed by atoms with Gasteiger partial charge in [-0.25, -0.2) is 0 Å². The molecule has 0 aliphatic heterocycles. The van der Waals surface area contributed by atoms with Crippen LogP contribution in [0.1, 0.15) is 43.0 Å². The summed E-state index contributed by atoms with van der Waals surface area (Å²) in [6.07, 6.45) is 10.7. The minimum Gasteiger partial charge on any atom is -0.496 e. The summed E-state index contributed by atoms with van der Waals surface area (Å²) in [5.74, 6) is 0.939. The van der Waals surface area contributed by atoms with Crippen molar-refractivity contribution in [3.05, 3.63) is 59.4 Å². The summed E-state index contributed by atoms with van der Waals surface area (Å²) in [4.78, 5) is 4.51. The summed E-state index contributed by atoms with van der Waals surface area (Å²) in [5.41, 5.74) is 3.29. The molecule has 0 radical (unpaired) electrons. The van der Waals surface area contributed by atoms with E-state index in [4.69, 9.17) is 4.74 Å². The lowest BCUT2D eigenvalue weighted by Gasteiger charge is -2.08. The molecular formula is C19H23NO. The number of hydrogen-bond acceptors (Lipinski definition) is 2. The minimum atomic E-state index is 0.926. The number of aromatic nitrogens is 1. The molecule has 0 aliphatic rings. The Hall–Kier alpha value is -2.09. The van der Waals surface area contributed by atoms with Crippen molar-refractivity contribution in [1.82, 2.24) is 4.98 Å². The lowest BCUT2D eigenvalue weighted by Crippen LogP contribution is -1.95. The first-order valence-corrected chi connectivity index (χ1v) is 7.59. The first-order valence-electron chi connectivity index (χ1n) is 7.59. The zero-order chi connectivity index (χ0) is 14.9. The van der Waals surface area contributed by atoms with E-state index in [-0.39, 0.29) is 0 Å². The first kappa shape index (κ1) is 15.3. The molecular weight excluding hydrogens is 258 g/mol. The number of pyridine rings is 1. The SMILES string of the molecule is CCCCCc1cnc(C=Cc2ccccc2)cc1OC. The van der Waals surface area contributed by atoms with Gasteiger partial charge in [-0.05, 0) is 24.5 Å². The van der Waals surface area contributed by atoms with Gasteiger partial charge < -0.3 is 4.74 Å². The van der Waals surface area contributed by atoms with Gasteiger partial charge in [-0.2, -0.15) is 0 Å². The molecule has 0 amide bonds. The fourth-order valence-electron chi connectivity index (χ4n) is 2.26. The average molecular weight is 281 g/mol. The Morgan fingerprint density at radius 2 is 1.90 bits per heavy atom. The number of rotatable bonds is 7. The van der Waals surface area contributed by atoms with Gasteiger partial charge in [0.2, 0.25) is 0 Å². The summed E-state index contributed by atoms with van der Waals surface area (Å²) in [6.45, 7) is 2.22. The number of ether oxygens (including phenoxy) is 1. The number of methoxy groups -OCH3 is 1. The second-order valence-electron chi connectivity index (χ2n) is 5.12. The molecule has 0 saturated carbocycles. The second kappa shape index (κ2) is 8.25. The van der Waals surface area contributed by atoms with Gasteiger partial charge in [0.1, 0.15) is 5.75 Å². The Balaban J connectivity index is 2.09. The van der Waals surface area contributed by atoms with Gasteiger partial charge in [-0.3, -0.25) is 4.98 Å². The molecule has 0 aliphatic carbocycles. The quantitative estimate of drug-likeness (QED) is 0.667. The molecule has 2 heteroatoms. The Morgan fingerprint density at radius 3 is 2.62 bits per heavy atom. The summed E-state index contributed by atoms with van der Waals surface area (Å²) < 4.78 is 5.49. The van der Waals surface area contributed by atoms with Crippen molar-refractivity contribution in [2.75, 3.05) is 7.11 Å². The van der Waals surface area contributed by atoms with Crippen LogP contribution in [-0.2, 0) is 6.42 Å². The molecule has 21 heavy (non-hydrogen) atoms. The molecule has 110 valence electrons. The smallest absolute Gasteiger partial charge is 0.125 e. The predicted octanol–water partition coefficient (Wildman–Crippen LogP) is 4.99. The topological polar surface area (TPSA) is 22.1 Å². The van der Waals surface area contributed by atoms with Gasteiger partial charge in [-0.1, -0.05) is 56.2 Å². The zero-order valence-electron chi connectivity index (χ0n) is 12.9. The molecule has 0 fully saturated rings. The zero-order valence-corrected chi connectivity index (χ0v) is 12.9. The van der Waals surface area contributed by atoms with Crippen LogP contribution in [0.4, 0.5) is 0 Å². The molecule has 0 saturated heterocycles. The summed E-state index contributed by atoms with van der Waals surface area (Å²) in [7, 11) is 1.73. The van der Waals surface area contributed by atoms with Crippen LogP contribution in [0.25, 0.3) is 12.2 Å². The molecule has 0 bridgehead atoms. The normalized spacial score (nSPS) is 11.0. The van der Waals surface area contributed by atoms with Crippen molar-refractivity contribution < 1.29 is 4.74 Å². The summed E-state index contributed by atoms with van der Waals surface area (Å²) in [6, 6.07) is 12.2. The van der Waals surface area contributed by atoms with Crippen molar-refractivity contribution in [3.8, 4) is 5.75 Å². The molecule has 1 aromatic carbocycles. The van der Waals surface area contributed by atoms with Crippen molar-refractivity contribution in [2.24, 2.45) is 0 Å². The van der Waals surface area contributed by atoms with Crippen LogP contribution >= 0.6 is 0 Å². The highest BCUT2D eigenvalue weighted by molar-refractivity contribution is 5.68. The van der Waals surface area contributed by atoms with Crippen LogP contribution in [0.2, 0.25) is 0 Å². The van der Waals surface area contributed by atoms with Gasteiger partial charge in [-0.15, -0.1) is 0 Å². The van der Waals surface area contributed by atoms with Gasteiger partial charge in [0.25, 0.3) is 0 Å². The first-order chi connectivity index (χ1) is 10.3. The average Bonchev–Trinajstić information content (AvgIpc) is 2.55. The van der Waals surface area contributed by atoms with Crippen molar-refractivity contribution in [1.29, 1.82) is 0 Å². The van der Waals surface area contributed by atoms with Crippen molar-refractivity contribution in [2.45, 2.75) is 32.6 Å². The monoisotopic (exact) mass is 281 g/mol. The van der Waals surface area contributed by atoms with Crippen LogP contribution in [0.5, 0.6) is 5.75 Å². The number of benzene rings is 1. The fourth-order valence-corrected chi connectivity index (χ4v) is 2.26. The fraction of sp³-hybridized carbons (Fsp3) is 0.316. The van der Waals surface area contributed by atoms with E-state index in [1.54, 1.807) is 7.11 Å². The molecule has 1 aromatic heterocycles. The second-order valence-corrected chi connectivity index (χ2v) is 5.12. The van der Waals surface area contributed by atoms with E-state index in [1.807, 2.05) is 36.5 Å². The Morgan fingerprint density at radius 1 is 1.10 bits per heavy atom. The Bertz CT molecular complexity index is 575. The van der Waals surface area contributed by atoms with E-state index in [2.05, 4.69) is 30.1 Å².